The Morgan fingerprint density at radius 2 is 0.872 bits per heavy atom. The quantitative estimate of drug-likeness (QED) is 0.0502. The minimum absolute atomic E-state index is 0.00478. The number of benzene rings is 6. The number of hydrogen-bond donors (Lipinski definition) is 2. The number of phenolic OH excluding ortho intramolecular Hbond substituents is 2. The smallest absolute Gasteiger partial charge is 0.195 e. The number of fused-ring (bicyclic) bond motifs is 2. The van der Waals surface area contributed by atoms with Crippen LogP contribution in [0.3, 0.4) is 0 Å². The molecule has 6 aromatic carbocycles. The molecule has 2 N–H and O–H groups in total. The van der Waals surface area contributed by atoms with Gasteiger partial charge in [-0.2, -0.15) is 0 Å². The van der Waals surface area contributed by atoms with E-state index >= 15 is 0 Å². The summed E-state index contributed by atoms with van der Waals surface area (Å²) in [6.45, 7) is 11.2. The van der Waals surface area contributed by atoms with Crippen LogP contribution in [0.2, 0.25) is 0 Å². The largest absolute Gasteiger partial charge is 0.508 e. The molecule has 0 radical (unpaired) electrons. The number of rotatable bonds is 22. The third-order valence-corrected chi connectivity index (χ3v) is 17.5. The Morgan fingerprint density at radius 1 is 0.474 bits per heavy atom. The van der Waals surface area contributed by atoms with E-state index in [0.29, 0.717) is 22.3 Å². The van der Waals surface area contributed by atoms with Crippen LogP contribution in [0.4, 0.5) is 0 Å². The number of nitrogens with zero attached hydrogens (tertiary/aromatic N) is 2. The normalized spacial score (nSPS) is 14.5. The highest BCUT2D eigenvalue weighted by Gasteiger charge is 2.26. The number of ketones is 2. The Hall–Kier alpha value is -6.70. The highest BCUT2D eigenvalue weighted by Crippen LogP contribution is 2.43. The molecule has 0 bridgehead atoms. The summed E-state index contributed by atoms with van der Waals surface area (Å²) in [4.78, 5) is 34.6. The fourth-order valence-electron chi connectivity index (χ4n) is 10.6. The number of thiophene rings is 2. The van der Waals surface area contributed by atoms with E-state index in [1.807, 2.05) is 103 Å². The van der Waals surface area contributed by atoms with Crippen molar-refractivity contribution in [1.29, 1.82) is 0 Å². The zero-order valence-corrected chi connectivity index (χ0v) is 47.3. The van der Waals surface area contributed by atoms with Gasteiger partial charge in [0.1, 0.15) is 46.7 Å². The van der Waals surface area contributed by atoms with Crippen LogP contribution in [0.1, 0.15) is 123 Å². The number of ether oxygens (including phenoxy) is 4. The minimum atomic E-state index is -0.0760. The molecule has 0 atom stereocenters. The van der Waals surface area contributed by atoms with E-state index in [0.717, 1.165) is 116 Å². The second-order valence-corrected chi connectivity index (χ2v) is 22.7. The first kappa shape index (κ1) is 56.0. The maximum atomic E-state index is 14.0. The molecule has 8 aromatic rings. The van der Waals surface area contributed by atoms with Crippen LogP contribution in [0.25, 0.3) is 41.1 Å². The molecular formula is C66H74N2O8S2. The molecule has 0 aliphatic carbocycles. The molecule has 408 valence electrons. The van der Waals surface area contributed by atoms with Gasteiger partial charge in [0, 0.05) is 78.4 Å². The number of carbonyl (C=O) groups excluding carboxylic acids is 2. The van der Waals surface area contributed by atoms with Gasteiger partial charge < -0.3 is 39.0 Å². The fraction of sp³-hybridized carbons (Fsp3) is 0.364. The molecule has 10 nitrogen and oxygen atoms in total. The summed E-state index contributed by atoms with van der Waals surface area (Å²) in [7, 11) is 3.31. The maximum Gasteiger partial charge on any atom is 0.195 e. The SMILES string of the molecule is CCCCCCN1CCC(Oc2ccc(C(=O)c3c(-c4ccc(O)cc4)sc4cc(O)ccc34)cc2)CC1.CCCCCCN1CCC(Oc2ccc(C(=O)c3c(-c4ccc(OC)cc4)sc4cc(OC)ccc34)cc2)CC1. The van der Waals surface area contributed by atoms with Gasteiger partial charge in [0.05, 0.1) is 14.2 Å². The van der Waals surface area contributed by atoms with E-state index in [9.17, 15) is 19.8 Å². The number of carbonyl (C=O) groups is 2. The lowest BCUT2D eigenvalue weighted by atomic mass is 9.97. The van der Waals surface area contributed by atoms with Crippen molar-refractivity contribution in [3.05, 3.63) is 156 Å². The number of hydrogen-bond acceptors (Lipinski definition) is 12. The predicted octanol–water partition coefficient (Wildman–Crippen LogP) is 15.9. The average Bonchev–Trinajstić information content (AvgIpc) is 4.22. The molecule has 10 rings (SSSR count). The summed E-state index contributed by atoms with van der Waals surface area (Å²) in [5.74, 6) is 3.45. The number of unbranched alkanes of at least 4 members (excludes halogenated alkanes) is 6. The molecule has 0 unspecified atom stereocenters. The van der Waals surface area contributed by atoms with Crippen LogP contribution in [0.15, 0.2) is 133 Å². The van der Waals surface area contributed by atoms with Crippen LogP contribution in [-0.2, 0) is 0 Å². The van der Waals surface area contributed by atoms with E-state index in [-0.39, 0.29) is 35.3 Å². The minimum Gasteiger partial charge on any atom is -0.508 e. The van der Waals surface area contributed by atoms with Crippen LogP contribution >= 0.6 is 22.7 Å². The molecule has 4 heterocycles. The predicted molar refractivity (Wildman–Crippen MR) is 319 cm³/mol. The molecule has 2 aliphatic rings. The van der Waals surface area contributed by atoms with Gasteiger partial charge in [-0.05, 0) is 196 Å². The zero-order chi connectivity index (χ0) is 54.4. The van der Waals surface area contributed by atoms with Crippen LogP contribution in [0.5, 0.6) is 34.5 Å². The Morgan fingerprint density at radius 3 is 1.32 bits per heavy atom. The highest BCUT2D eigenvalue weighted by molar-refractivity contribution is 7.23. The van der Waals surface area contributed by atoms with Crippen LogP contribution in [0, 0.1) is 0 Å². The van der Waals surface area contributed by atoms with Crippen LogP contribution in [-0.4, -0.2) is 97.3 Å². The molecule has 12 heteroatoms. The molecule has 0 spiro atoms. The van der Waals surface area contributed by atoms with Crippen molar-refractivity contribution < 1.29 is 38.7 Å². The Balaban J connectivity index is 0.000000190. The van der Waals surface area contributed by atoms with Crippen molar-refractivity contribution >= 4 is 54.4 Å². The maximum absolute atomic E-state index is 14.0. The van der Waals surface area contributed by atoms with Crippen molar-refractivity contribution in [3.63, 3.8) is 0 Å². The number of likely N-dealkylation sites (tertiary alicyclic amines) is 2. The van der Waals surface area contributed by atoms with E-state index in [2.05, 4.69) is 23.6 Å². The molecule has 0 amide bonds. The molecule has 2 aromatic heterocycles. The van der Waals surface area contributed by atoms with Gasteiger partial charge in [-0.25, -0.2) is 0 Å². The second kappa shape index (κ2) is 27.3. The summed E-state index contributed by atoms with van der Waals surface area (Å²) in [6.07, 6.45) is 15.0. The van der Waals surface area contributed by atoms with Gasteiger partial charge in [0.2, 0.25) is 0 Å². The van der Waals surface area contributed by atoms with E-state index < -0.39 is 0 Å². The lowest BCUT2D eigenvalue weighted by molar-refractivity contribution is 0.0991. The summed E-state index contributed by atoms with van der Waals surface area (Å²) in [5, 5.41) is 21.5. The molecule has 2 fully saturated rings. The number of methoxy groups -OCH3 is 2. The van der Waals surface area contributed by atoms with Gasteiger partial charge in [-0.15, -0.1) is 22.7 Å². The number of phenols is 2. The van der Waals surface area contributed by atoms with Crippen molar-refractivity contribution in [2.45, 2.75) is 103 Å². The van der Waals surface area contributed by atoms with Crippen molar-refractivity contribution in [2.75, 3.05) is 53.5 Å². The van der Waals surface area contributed by atoms with E-state index in [4.69, 9.17) is 18.9 Å². The summed E-state index contributed by atoms with van der Waals surface area (Å²) in [5.41, 5.74) is 4.40. The Bertz CT molecular complexity index is 3210. The fourth-order valence-corrected chi connectivity index (χ4v) is 13.0. The molecule has 78 heavy (non-hydrogen) atoms. The van der Waals surface area contributed by atoms with Crippen molar-refractivity contribution in [2.24, 2.45) is 0 Å². The van der Waals surface area contributed by atoms with Crippen molar-refractivity contribution in [3.8, 4) is 55.4 Å². The Kier molecular flexibility index (Phi) is 19.6. The topological polar surface area (TPSA) is 118 Å². The molecule has 2 aliphatic heterocycles. The highest BCUT2D eigenvalue weighted by atomic mass is 32.1. The van der Waals surface area contributed by atoms with E-state index in [1.54, 1.807) is 55.9 Å². The van der Waals surface area contributed by atoms with Gasteiger partial charge >= 0.3 is 0 Å². The Labute approximate surface area is 468 Å². The molecular weight excluding hydrogens is 1010 g/mol. The lowest BCUT2D eigenvalue weighted by Crippen LogP contribution is -2.38. The standard InChI is InChI=1S/C34H39NO4S.C32H35NO4S/c1-4-5-6-7-20-35-21-18-28(19-22-35)39-27-14-8-24(9-15-27)33(36)32-30-17-16-29(38-3)23-31(30)40-34(32)25-10-12-26(37-2)13-11-25;1-2-3-4-5-18-33-19-16-27(17-20-33)37-26-13-8-22(9-14-26)31(36)30-28-15-12-25(35)21-29(28)38-32(30)23-6-10-24(34)11-7-23/h8-17,23,28H,4-7,18-22H2,1-3H3;6-15,21,27,34-35H,2-5,16-20H2,1H3. The van der Waals surface area contributed by atoms with E-state index in [1.165, 1.54) is 75.8 Å². The first-order valence-electron chi connectivity index (χ1n) is 28.0. The van der Waals surface area contributed by atoms with Gasteiger partial charge in [-0.1, -0.05) is 52.4 Å². The molecule has 2 saturated heterocycles. The van der Waals surface area contributed by atoms with Crippen molar-refractivity contribution in [1.82, 2.24) is 9.80 Å². The third-order valence-electron chi connectivity index (χ3n) is 15.1. The average molecular weight is 1090 g/mol. The second-order valence-electron chi connectivity index (χ2n) is 20.6. The van der Waals surface area contributed by atoms with Crippen LogP contribution < -0.4 is 18.9 Å². The van der Waals surface area contributed by atoms with Gasteiger partial charge in [-0.3, -0.25) is 9.59 Å². The summed E-state index contributed by atoms with van der Waals surface area (Å²) < 4.78 is 25.2. The summed E-state index contributed by atoms with van der Waals surface area (Å²) >= 11 is 3.07. The first-order chi connectivity index (χ1) is 38.1. The monoisotopic (exact) mass is 1090 g/mol. The third kappa shape index (κ3) is 14.1. The van der Waals surface area contributed by atoms with Gasteiger partial charge in [0.15, 0.2) is 11.6 Å². The number of aromatic hydroxyl groups is 2. The first-order valence-corrected chi connectivity index (χ1v) is 29.6. The van der Waals surface area contributed by atoms with Gasteiger partial charge in [0.25, 0.3) is 0 Å². The zero-order valence-electron chi connectivity index (χ0n) is 45.6. The molecule has 0 saturated carbocycles. The summed E-state index contributed by atoms with van der Waals surface area (Å²) in [6, 6.07) is 40.8. The number of piperidine rings is 2. The lowest BCUT2D eigenvalue weighted by Gasteiger charge is -2.32.